The molecule has 0 aliphatic carbocycles. The molecular formula is C21H21F4N7O. The highest BCUT2D eigenvalue weighted by atomic mass is 19.4. The number of amides is 1. The zero-order valence-corrected chi connectivity index (χ0v) is 17.4. The molecule has 0 radical (unpaired) electrons. The Balaban J connectivity index is 1.40. The molecule has 8 nitrogen and oxygen atoms in total. The molecule has 1 aromatic carbocycles. The number of carbonyl (C=O) groups is 1. The Morgan fingerprint density at radius 1 is 1.09 bits per heavy atom. The maximum atomic E-state index is 14.4. The van der Waals surface area contributed by atoms with E-state index in [4.69, 9.17) is 0 Å². The molecule has 12 heteroatoms. The van der Waals surface area contributed by atoms with Gasteiger partial charge in [-0.05, 0) is 18.6 Å². The minimum absolute atomic E-state index is 0.257. The van der Waals surface area contributed by atoms with Gasteiger partial charge in [-0.15, -0.1) is 0 Å². The summed E-state index contributed by atoms with van der Waals surface area (Å²) in [6, 6.07) is 4.52. The van der Waals surface area contributed by atoms with E-state index in [2.05, 4.69) is 30.4 Å². The Hall–Kier alpha value is -3.54. The highest BCUT2D eigenvalue weighted by molar-refractivity contribution is 5.94. The summed E-state index contributed by atoms with van der Waals surface area (Å²) < 4.78 is 53.4. The van der Waals surface area contributed by atoms with Gasteiger partial charge in [0, 0.05) is 51.2 Å². The third kappa shape index (κ3) is 5.45. The van der Waals surface area contributed by atoms with Crippen molar-refractivity contribution in [1.82, 2.24) is 30.0 Å². The molecule has 174 valence electrons. The molecule has 1 fully saturated rings. The number of carbonyl (C=O) groups excluding carboxylic acids is 1. The quantitative estimate of drug-likeness (QED) is 0.564. The van der Waals surface area contributed by atoms with Crippen LogP contribution in [0.2, 0.25) is 0 Å². The van der Waals surface area contributed by atoms with E-state index in [0.29, 0.717) is 56.0 Å². The molecule has 1 aliphatic rings. The lowest BCUT2D eigenvalue weighted by molar-refractivity contribution is -0.140. The topological polar surface area (TPSA) is 90.0 Å². The highest BCUT2D eigenvalue weighted by Gasteiger charge is 2.36. The van der Waals surface area contributed by atoms with Gasteiger partial charge in [-0.3, -0.25) is 19.8 Å². The molecule has 33 heavy (non-hydrogen) atoms. The van der Waals surface area contributed by atoms with Crippen molar-refractivity contribution in [1.29, 1.82) is 0 Å². The Morgan fingerprint density at radius 3 is 2.70 bits per heavy atom. The van der Waals surface area contributed by atoms with Crippen LogP contribution in [0.5, 0.6) is 0 Å². The zero-order valence-electron chi connectivity index (χ0n) is 17.4. The fourth-order valence-electron chi connectivity index (χ4n) is 3.65. The summed E-state index contributed by atoms with van der Waals surface area (Å²) in [5.41, 5.74) is -1.30. The van der Waals surface area contributed by atoms with Gasteiger partial charge in [-0.25, -0.2) is 9.37 Å². The number of aromatic amines is 1. The van der Waals surface area contributed by atoms with Gasteiger partial charge in [0.15, 0.2) is 5.82 Å². The minimum atomic E-state index is -4.86. The van der Waals surface area contributed by atoms with Gasteiger partial charge in [-0.2, -0.15) is 18.3 Å². The van der Waals surface area contributed by atoms with Crippen molar-refractivity contribution in [3.8, 4) is 0 Å². The lowest BCUT2D eigenvalue weighted by atomic mass is 10.1. The second-order valence-corrected chi connectivity index (χ2v) is 7.57. The van der Waals surface area contributed by atoms with Gasteiger partial charge in [0.25, 0.3) is 5.91 Å². The molecule has 0 unspecified atom stereocenters. The number of halogens is 4. The van der Waals surface area contributed by atoms with Gasteiger partial charge >= 0.3 is 6.18 Å². The minimum Gasteiger partial charge on any atom is -0.337 e. The van der Waals surface area contributed by atoms with E-state index in [1.807, 2.05) is 0 Å². The molecule has 1 amide bonds. The first-order valence-corrected chi connectivity index (χ1v) is 10.3. The lowest BCUT2D eigenvalue weighted by Crippen LogP contribution is -2.36. The van der Waals surface area contributed by atoms with Crippen molar-refractivity contribution in [2.45, 2.75) is 19.1 Å². The number of rotatable bonds is 5. The van der Waals surface area contributed by atoms with Crippen molar-refractivity contribution >= 4 is 17.5 Å². The number of benzene rings is 1. The molecule has 3 heterocycles. The number of hydrogen-bond acceptors (Lipinski definition) is 6. The molecule has 0 spiro atoms. The van der Waals surface area contributed by atoms with Gasteiger partial charge in [0.2, 0.25) is 0 Å². The van der Waals surface area contributed by atoms with Crippen LogP contribution < -0.4 is 5.32 Å². The SMILES string of the molecule is O=C(c1cccc(C(F)(F)F)c1F)N1CCCN(Cc2cncc(Nc3cc[nH]n3)n2)CC1. The van der Waals surface area contributed by atoms with Crippen LogP contribution in [0.15, 0.2) is 42.9 Å². The Bertz CT molecular complexity index is 1100. The van der Waals surface area contributed by atoms with Crippen LogP contribution in [0.1, 0.15) is 28.0 Å². The number of anilines is 2. The number of aromatic nitrogens is 4. The van der Waals surface area contributed by atoms with Gasteiger partial charge in [0.05, 0.1) is 23.0 Å². The number of H-pyrrole nitrogens is 1. The van der Waals surface area contributed by atoms with Gasteiger partial charge < -0.3 is 10.2 Å². The van der Waals surface area contributed by atoms with E-state index in [-0.39, 0.29) is 6.54 Å². The number of hydrogen-bond donors (Lipinski definition) is 2. The lowest BCUT2D eigenvalue weighted by Gasteiger charge is -2.22. The first-order valence-electron chi connectivity index (χ1n) is 10.3. The molecule has 2 aromatic heterocycles. The van der Waals surface area contributed by atoms with Gasteiger partial charge in [-0.1, -0.05) is 6.07 Å². The second kappa shape index (κ2) is 9.53. The van der Waals surface area contributed by atoms with E-state index in [1.54, 1.807) is 24.7 Å². The summed E-state index contributed by atoms with van der Waals surface area (Å²) in [4.78, 5) is 24.9. The Labute approximate surface area is 186 Å². The molecule has 3 aromatic rings. The van der Waals surface area contributed by atoms with E-state index in [0.717, 1.165) is 12.1 Å². The summed E-state index contributed by atoms with van der Waals surface area (Å²) in [7, 11) is 0. The monoisotopic (exact) mass is 463 g/mol. The molecule has 1 aliphatic heterocycles. The molecule has 0 atom stereocenters. The summed E-state index contributed by atoms with van der Waals surface area (Å²) in [5, 5.41) is 9.73. The fourth-order valence-corrected chi connectivity index (χ4v) is 3.65. The molecule has 0 saturated carbocycles. The standard InChI is InChI=1S/C21H21F4N7O/c22-19-15(3-1-4-16(19)21(23,24)25)20(33)32-8-2-7-31(9-10-32)13-14-11-26-12-18(28-14)29-17-5-6-27-30-17/h1,3-6,11-12H,2,7-10,13H2,(H2,27,28,29,30). The van der Waals surface area contributed by atoms with Crippen LogP contribution in [0.4, 0.5) is 29.2 Å². The number of nitrogens with zero attached hydrogens (tertiary/aromatic N) is 5. The van der Waals surface area contributed by atoms with Crippen LogP contribution in [0, 0.1) is 5.82 Å². The molecule has 0 bridgehead atoms. The van der Waals surface area contributed by atoms with Crippen LogP contribution in [-0.2, 0) is 12.7 Å². The van der Waals surface area contributed by atoms with Crippen LogP contribution in [0.3, 0.4) is 0 Å². The highest BCUT2D eigenvalue weighted by Crippen LogP contribution is 2.32. The number of nitrogens with one attached hydrogen (secondary N) is 2. The largest absolute Gasteiger partial charge is 0.419 e. The van der Waals surface area contributed by atoms with E-state index in [9.17, 15) is 22.4 Å². The summed E-state index contributed by atoms with van der Waals surface area (Å²) in [6.45, 7) is 2.16. The smallest absolute Gasteiger partial charge is 0.337 e. The van der Waals surface area contributed by atoms with Crippen LogP contribution in [0.25, 0.3) is 0 Å². The third-order valence-corrected chi connectivity index (χ3v) is 5.24. The average Bonchev–Trinajstić information content (AvgIpc) is 3.17. The first kappa shape index (κ1) is 22.6. The van der Waals surface area contributed by atoms with Crippen molar-refractivity contribution < 1.29 is 22.4 Å². The normalized spacial score (nSPS) is 15.3. The van der Waals surface area contributed by atoms with E-state index >= 15 is 0 Å². The molecule has 2 N–H and O–H groups in total. The molecule has 4 rings (SSSR count). The maximum absolute atomic E-state index is 14.4. The van der Waals surface area contributed by atoms with Crippen molar-refractivity contribution in [2.75, 3.05) is 31.5 Å². The van der Waals surface area contributed by atoms with Crippen molar-refractivity contribution in [3.63, 3.8) is 0 Å². The Morgan fingerprint density at radius 2 is 1.94 bits per heavy atom. The fraction of sp³-hybridized carbons (Fsp3) is 0.333. The van der Waals surface area contributed by atoms with Crippen LogP contribution in [-0.4, -0.2) is 62.1 Å². The Kier molecular flexibility index (Phi) is 6.54. The summed E-state index contributed by atoms with van der Waals surface area (Å²) in [5.74, 6) is -1.14. The van der Waals surface area contributed by atoms with Gasteiger partial charge in [0.1, 0.15) is 11.6 Å². The number of alkyl halides is 3. The average molecular weight is 463 g/mol. The molecule has 1 saturated heterocycles. The third-order valence-electron chi connectivity index (χ3n) is 5.24. The van der Waals surface area contributed by atoms with E-state index in [1.165, 1.54) is 4.90 Å². The van der Waals surface area contributed by atoms with Crippen LogP contribution >= 0.6 is 0 Å². The maximum Gasteiger partial charge on any atom is 0.419 e. The first-order chi connectivity index (χ1) is 15.8. The molecular weight excluding hydrogens is 442 g/mol. The van der Waals surface area contributed by atoms with E-state index < -0.39 is 29.0 Å². The summed E-state index contributed by atoms with van der Waals surface area (Å²) in [6.07, 6.45) is 0.615. The predicted molar refractivity (Wildman–Crippen MR) is 111 cm³/mol. The zero-order chi connectivity index (χ0) is 23.4. The summed E-state index contributed by atoms with van der Waals surface area (Å²) >= 11 is 0. The van der Waals surface area contributed by atoms with Crippen molar-refractivity contribution in [3.05, 3.63) is 65.5 Å². The van der Waals surface area contributed by atoms with Crippen molar-refractivity contribution in [2.24, 2.45) is 0 Å². The predicted octanol–water partition coefficient (Wildman–Crippen LogP) is 3.45. The second-order valence-electron chi connectivity index (χ2n) is 7.57.